The maximum Gasteiger partial charge on any atom is 0.290 e. The standard InChI is InChI=1S/C19H18N4O2S.C16H17N3O.C9H12ClN3/c1-11(13-5-6-13)21-17-10-20-9-15(22-17)14-4-2-3-12(7-14)8-16-18(24)23-19(25)26-16;1-11(13-5-6-13)18-16-9-17-8-15(19-16)14-4-2-3-12(7-14)10-20;1-6(7-2-3-7)12-9-5-11-4-8(10)13-9/h2-4,7-11,13H,5-6H2,1H3,(H,21,22)(H,23,24,25);2-4,7-11,13H,5-6H2,1H3,(H,18,19);4-7H,2-3H2,1H3,(H,12,13)/b16-8-;;/t2*11-;6-/m000/s1. The molecule has 1 aliphatic heterocycles. The molecule has 3 atom stereocenters. The lowest BCUT2D eigenvalue weighted by molar-refractivity contribution is -0.115. The fourth-order valence-corrected chi connectivity index (χ4v) is 7.36. The lowest BCUT2D eigenvalue weighted by Gasteiger charge is -2.13. The van der Waals surface area contributed by atoms with Gasteiger partial charge in [0, 0.05) is 34.8 Å². The molecule has 4 fully saturated rings. The van der Waals surface area contributed by atoms with Crippen molar-refractivity contribution >= 4 is 64.3 Å². The van der Waals surface area contributed by atoms with Gasteiger partial charge in [-0.15, -0.1) is 0 Å². The normalized spacial score (nSPS) is 17.9. The van der Waals surface area contributed by atoms with Crippen LogP contribution in [0.15, 0.2) is 90.6 Å². The first-order valence-electron chi connectivity index (χ1n) is 19.9. The molecule has 5 aromatic rings. The Hall–Kier alpha value is -5.73. The van der Waals surface area contributed by atoms with E-state index in [-0.39, 0.29) is 11.1 Å². The second kappa shape index (κ2) is 19.3. The third-order valence-corrected chi connectivity index (χ3v) is 11.4. The highest BCUT2D eigenvalue weighted by atomic mass is 35.5. The molecule has 0 spiro atoms. The van der Waals surface area contributed by atoms with E-state index < -0.39 is 0 Å². The van der Waals surface area contributed by atoms with Crippen molar-refractivity contribution in [3.05, 3.63) is 107 Å². The van der Waals surface area contributed by atoms with E-state index in [1.165, 1.54) is 44.7 Å². The quantitative estimate of drug-likeness (QED) is 0.0653. The summed E-state index contributed by atoms with van der Waals surface area (Å²) in [6.07, 6.45) is 20.5. The number of aldehydes is 1. The molecule has 304 valence electrons. The molecule has 0 radical (unpaired) electrons. The van der Waals surface area contributed by atoms with E-state index in [1.54, 1.807) is 43.1 Å². The predicted octanol–water partition coefficient (Wildman–Crippen LogP) is 9.18. The summed E-state index contributed by atoms with van der Waals surface area (Å²) in [5, 5.41) is 12.5. The first-order chi connectivity index (χ1) is 28.6. The summed E-state index contributed by atoms with van der Waals surface area (Å²) >= 11 is 6.62. The van der Waals surface area contributed by atoms with Crippen LogP contribution in [0.25, 0.3) is 28.6 Å². The van der Waals surface area contributed by atoms with E-state index in [2.05, 4.69) is 71.9 Å². The fraction of sp³-hybridized carbons (Fsp3) is 0.341. The molecule has 0 bridgehead atoms. The van der Waals surface area contributed by atoms with Gasteiger partial charge in [0.05, 0.1) is 53.5 Å². The number of nitrogens with one attached hydrogen (secondary N) is 4. The van der Waals surface area contributed by atoms with E-state index in [0.29, 0.717) is 33.7 Å². The molecule has 2 amide bonds. The number of benzene rings is 2. The van der Waals surface area contributed by atoms with Crippen LogP contribution < -0.4 is 21.3 Å². The molecule has 15 heteroatoms. The molecule has 59 heavy (non-hydrogen) atoms. The number of hydrogen-bond donors (Lipinski definition) is 4. The Morgan fingerprint density at radius 3 is 1.56 bits per heavy atom. The molecule has 4 aliphatic rings. The summed E-state index contributed by atoms with van der Waals surface area (Å²) in [6, 6.07) is 16.4. The summed E-state index contributed by atoms with van der Waals surface area (Å²) < 4.78 is 0. The largest absolute Gasteiger partial charge is 0.366 e. The second-order valence-corrected chi connectivity index (χ2v) is 16.7. The van der Waals surface area contributed by atoms with Gasteiger partial charge in [-0.3, -0.25) is 34.7 Å². The lowest BCUT2D eigenvalue weighted by atomic mass is 10.1. The number of amides is 2. The minimum absolute atomic E-state index is 0.341. The Morgan fingerprint density at radius 2 is 1.12 bits per heavy atom. The average Bonchev–Trinajstić information content (AvgIpc) is 4.09. The molecule has 0 unspecified atom stereocenters. The van der Waals surface area contributed by atoms with E-state index in [9.17, 15) is 14.4 Å². The van der Waals surface area contributed by atoms with Crippen molar-refractivity contribution in [1.29, 1.82) is 0 Å². The zero-order valence-corrected chi connectivity index (χ0v) is 34.7. The maximum absolute atomic E-state index is 11.7. The Kier molecular flexibility index (Phi) is 13.6. The maximum atomic E-state index is 11.7. The second-order valence-electron chi connectivity index (χ2n) is 15.3. The minimum atomic E-state index is -0.356. The minimum Gasteiger partial charge on any atom is -0.366 e. The van der Waals surface area contributed by atoms with Gasteiger partial charge in [-0.05, 0) is 113 Å². The van der Waals surface area contributed by atoms with Gasteiger partial charge in [-0.1, -0.05) is 48.0 Å². The van der Waals surface area contributed by atoms with Gasteiger partial charge in [0.2, 0.25) is 0 Å². The SMILES string of the molecule is C[C@H](Nc1cncc(-c2cccc(/C=C3\SC(=O)NC3=O)c2)n1)C1CC1.C[C@H](Nc1cncc(-c2cccc(C=O)c2)n1)C1CC1.C[C@H](Nc1cncc(Cl)n1)C1CC1. The molecule has 3 aliphatic carbocycles. The van der Waals surface area contributed by atoms with Crippen LogP contribution in [0.4, 0.5) is 22.2 Å². The van der Waals surface area contributed by atoms with Crippen LogP contribution >= 0.6 is 23.4 Å². The van der Waals surface area contributed by atoms with Crippen LogP contribution in [0.3, 0.4) is 0 Å². The van der Waals surface area contributed by atoms with Crippen LogP contribution in [-0.2, 0) is 4.79 Å². The molecule has 3 saturated carbocycles. The van der Waals surface area contributed by atoms with Crippen molar-refractivity contribution in [3.8, 4) is 22.5 Å². The highest BCUT2D eigenvalue weighted by Crippen LogP contribution is 2.35. The first-order valence-corrected chi connectivity index (χ1v) is 21.1. The molecule has 1 saturated heterocycles. The Bertz CT molecular complexity index is 2320. The predicted molar refractivity (Wildman–Crippen MR) is 234 cm³/mol. The van der Waals surface area contributed by atoms with Gasteiger partial charge in [0.1, 0.15) is 28.9 Å². The summed E-state index contributed by atoms with van der Waals surface area (Å²) in [5.41, 5.74) is 4.84. The van der Waals surface area contributed by atoms with Gasteiger partial charge in [0.25, 0.3) is 11.1 Å². The molecule has 13 nitrogen and oxygen atoms in total. The van der Waals surface area contributed by atoms with Crippen LogP contribution in [0.2, 0.25) is 5.15 Å². The van der Waals surface area contributed by atoms with E-state index in [1.807, 2.05) is 42.5 Å². The van der Waals surface area contributed by atoms with Crippen LogP contribution in [0, 0.1) is 17.8 Å². The molecule has 2 aromatic carbocycles. The van der Waals surface area contributed by atoms with Crippen molar-refractivity contribution < 1.29 is 14.4 Å². The highest BCUT2D eigenvalue weighted by Gasteiger charge is 2.30. The summed E-state index contributed by atoms with van der Waals surface area (Å²) in [5.74, 6) is 4.27. The highest BCUT2D eigenvalue weighted by molar-refractivity contribution is 8.18. The molecule has 4 heterocycles. The smallest absolute Gasteiger partial charge is 0.290 e. The molecule has 4 N–H and O–H groups in total. The van der Waals surface area contributed by atoms with Gasteiger partial charge in [-0.25, -0.2) is 15.0 Å². The van der Waals surface area contributed by atoms with Crippen molar-refractivity contribution in [1.82, 2.24) is 35.2 Å². The van der Waals surface area contributed by atoms with Crippen molar-refractivity contribution in [3.63, 3.8) is 0 Å². The van der Waals surface area contributed by atoms with Gasteiger partial charge in [0.15, 0.2) is 0 Å². The molecular formula is C44H47ClN10O3S. The van der Waals surface area contributed by atoms with Crippen molar-refractivity contribution in [2.75, 3.05) is 16.0 Å². The number of carbonyl (C=O) groups excluding carboxylic acids is 3. The number of halogens is 1. The average molecular weight is 831 g/mol. The Labute approximate surface area is 353 Å². The molecule has 9 rings (SSSR count). The van der Waals surface area contributed by atoms with Crippen molar-refractivity contribution in [2.45, 2.75) is 77.4 Å². The number of hydrogen-bond acceptors (Lipinski definition) is 13. The van der Waals surface area contributed by atoms with Crippen molar-refractivity contribution in [2.24, 2.45) is 17.8 Å². The number of imide groups is 1. The van der Waals surface area contributed by atoms with E-state index in [4.69, 9.17) is 11.6 Å². The number of carbonyl (C=O) groups is 3. The Morgan fingerprint density at radius 1 is 0.661 bits per heavy atom. The first kappa shape index (κ1) is 41.4. The van der Waals surface area contributed by atoms with Gasteiger partial charge in [-0.2, -0.15) is 0 Å². The number of nitrogens with zero attached hydrogens (tertiary/aromatic N) is 6. The molecular weight excluding hydrogens is 784 g/mol. The zero-order chi connectivity index (χ0) is 41.3. The molecule has 3 aromatic heterocycles. The number of rotatable bonds is 13. The fourth-order valence-electron chi connectivity index (χ4n) is 6.53. The number of thioether (sulfide) groups is 1. The summed E-state index contributed by atoms with van der Waals surface area (Å²) in [6.45, 7) is 6.52. The zero-order valence-electron chi connectivity index (χ0n) is 33.1. The van der Waals surface area contributed by atoms with E-state index >= 15 is 0 Å². The van der Waals surface area contributed by atoms with Crippen LogP contribution in [-0.4, -0.2) is 65.5 Å². The van der Waals surface area contributed by atoms with Gasteiger partial charge >= 0.3 is 0 Å². The number of aromatic nitrogens is 6. The third-order valence-electron chi connectivity index (χ3n) is 10.4. The lowest BCUT2D eigenvalue weighted by Crippen LogP contribution is -2.18. The van der Waals surface area contributed by atoms with Crippen LogP contribution in [0.1, 0.15) is 75.2 Å². The number of anilines is 3. The monoisotopic (exact) mass is 830 g/mol. The Balaban J connectivity index is 0.000000142. The summed E-state index contributed by atoms with van der Waals surface area (Å²) in [4.78, 5) is 60.1. The van der Waals surface area contributed by atoms with Gasteiger partial charge < -0.3 is 16.0 Å². The summed E-state index contributed by atoms with van der Waals surface area (Å²) in [7, 11) is 0. The third kappa shape index (κ3) is 12.4. The topological polar surface area (TPSA) is 177 Å². The van der Waals surface area contributed by atoms with E-state index in [0.717, 1.165) is 81.3 Å². The van der Waals surface area contributed by atoms with Crippen LogP contribution in [0.5, 0.6) is 0 Å².